The molecule has 27 heavy (non-hydrogen) atoms. The van der Waals surface area contributed by atoms with E-state index in [-0.39, 0.29) is 12.1 Å². The van der Waals surface area contributed by atoms with Gasteiger partial charge >= 0.3 is 0 Å². The number of pyridine rings is 1. The number of hydrogen-bond donors (Lipinski definition) is 4. The molecule has 5 nitrogen and oxygen atoms in total. The third-order valence-corrected chi connectivity index (χ3v) is 4.01. The lowest BCUT2D eigenvalue weighted by Gasteiger charge is -2.13. The highest BCUT2D eigenvalue weighted by Gasteiger charge is 2.11. The molecule has 0 fully saturated rings. The molecule has 0 aliphatic rings. The van der Waals surface area contributed by atoms with Crippen molar-refractivity contribution in [2.24, 2.45) is 5.73 Å². The molecule has 0 radical (unpaired) electrons. The van der Waals surface area contributed by atoms with Crippen LogP contribution in [0.15, 0.2) is 59.6 Å². The number of aromatic nitrogens is 1. The fourth-order valence-electron chi connectivity index (χ4n) is 2.47. The van der Waals surface area contributed by atoms with Gasteiger partial charge in [-0.25, -0.2) is 13.8 Å². The Hall–Kier alpha value is -3.13. The van der Waals surface area contributed by atoms with E-state index in [9.17, 15) is 13.6 Å². The van der Waals surface area contributed by atoms with Crippen LogP contribution in [0.3, 0.4) is 0 Å². The number of halogens is 2. The second kappa shape index (κ2) is 8.05. The van der Waals surface area contributed by atoms with Gasteiger partial charge in [0, 0.05) is 35.5 Å². The zero-order valence-electron chi connectivity index (χ0n) is 14.0. The summed E-state index contributed by atoms with van der Waals surface area (Å²) in [6.07, 6.45) is 1.34. The summed E-state index contributed by atoms with van der Waals surface area (Å²) in [6, 6.07) is 12.1. The molecule has 0 saturated carbocycles. The summed E-state index contributed by atoms with van der Waals surface area (Å²) in [5.41, 5.74) is 7.12. The minimum absolute atomic E-state index is 0.104. The van der Waals surface area contributed by atoms with Gasteiger partial charge in [0.25, 0.3) is 5.91 Å². The molecule has 8 heteroatoms. The molecule has 138 valence electrons. The molecule has 0 aliphatic carbocycles. The number of nitrogens with two attached hydrogens (primary N) is 1. The molecule has 0 atom stereocenters. The topological polar surface area (TPSA) is 80.0 Å². The molecular formula is C19H16F2N4OS. The summed E-state index contributed by atoms with van der Waals surface area (Å²) in [7, 11) is 0. The van der Waals surface area contributed by atoms with Crippen molar-refractivity contribution in [1.29, 1.82) is 0 Å². The maximum Gasteiger partial charge on any atom is 0.252 e. The number of thiol groups is 1. The van der Waals surface area contributed by atoms with Gasteiger partial charge in [-0.3, -0.25) is 4.79 Å². The third kappa shape index (κ3) is 4.95. The predicted octanol–water partition coefficient (Wildman–Crippen LogP) is 4.10. The number of carbonyl (C=O) groups is 1. The smallest absolute Gasteiger partial charge is 0.252 e. The Labute approximate surface area is 160 Å². The Kier molecular flexibility index (Phi) is 5.56. The maximum atomic E-state index is 13.3. The van der Waals surface area contributed by atoms with Crippen molar-refractivity contribution in [3.05, 3.63) is 77.5 Å². The lowest BCUT2D eigenvalue weighted by atomic mass is 10.1. The summed E-state index contributed by atoms with van der Waals surface area (Å²) in [5.74, 6) is -1.54. The van der Waals surface area contributed by atoms with Gasteiger partial charge in [0.05, 0.1) is 11.3 Å². The van der Waals surface area contributed by atoms with E-state index in [0.717, 1.165) is 16.6 Å². The molecule has 1 amide bonds. The van der Waals surface area contributed by atoms with E-state index < -0.39 is 17.5 Å². The number of amides is 1. The molecule has 0 saturated heterocycles. The van der Waals surface area contributed by atoms with Crippen LogP contribution in [0, 0.1) is 11.6 Å². The van der Waals surface area contributed by atoms with E-state index in [1.807, 2.05) is 24.3 Å². The number of carbonyl (C=O) groups excluding carboxylic acids is 1. The average Bonchev–Trinajstić information content (AvgIpc) is 2.61. The highest BCUT2D eigenvalue weighted by atomic mass is 32.1. The first-order valence-electron chi connectivity index (χ1n) is 7.95. The lowest BCUT2D eigenvalue weighted by molar-refractivity contribution is 0.100. The third-order valence-electron chi connectivity index (χ3n) is 3.71. The van der Waals surface area contributed by atoms with Crippen molar-refractivity contribution in [3.8, 4) is 0 Å². The van der Waals surface area contributed by atoms with Gasteiger partial charge in [-0.05, 0) is 42.0 Å². The standard InChI is InChI=1S/C19H16F2N4OS/c20-12-5-11(6-13(21)7-12)9-23-17-8-18(24-10-16(17)19(22)26)25-14-1-3-15(27)4-2-14/h1-8,10,27H,9H2,(H2,22,26)(H2,23,24,25). The fourth-order valence-corrected chi connectivity index (χ4v) is 2.62. The van der Waals surface area contributed by atoms with Gasteiger partial charge in [0.1, 0.15) is 17.5 Å². The van der Waals surface area contributed by atoms with Gasteiger partial charge in [0.2, 0.25) is 0 Å². The summed E-state index contributed by atoms with van der Waals surface area (Å²) in [5, 5.41) is 6.07. The first-order valence-corrected chi connectivity index (χ1v) is 8.40. The first kappa shape index (κ1) is 18.7. The molecule has 0 spiro atoms. The Morgan fingerprint density at radius 3 is 2.37 bits per heavy atom. The monoisotopic (exact) mass is 386 g/mol. The van der Waals surface area contributed by atoms with Crippen molar-refractivity contribution >= 4 is 35.7 Å². The highest BCUT2D eigenvalue weighted by Crippen LogP contribution is 2.23. The van der Waals surface area contributed by atoms with E-state index >= 15 is 0 Å². The number of rotatable bonds is 6. The quantitative estimate of drug-likeness (QED) is 0.481. The fraction of sp³-hybridized carbons (Fsp3) is 0.0526. The number of primary amides is 1. The van der Waals surface area contributed by atoms with Crippen LogP contribution in [0.1, 0.15) is 15.9 Å². The minimum Gasteiger partial charge on any atom is -0.380 e. The Balaban J connectivity index is 1.83. The van der Waals surface area contributed by atoms with Gasteiger partial charge in [-0.2, -0.15) is 0 Å². The van der Waals surface area contributed by atoms with E-state index in [1.165, 1.54) is 18.3 Å². The molecule has 1 heterocycles. The van der Waals surface area contributed by atoms with E-state index in [4.69, 9.17) is 5.73 Å². The lowest BCUT2D eigenvalue weighted by Crippen LogP contribution is -2.15. The van der Waals surface area contributed by atoms with Crippen molar-refractivity contribution in [3.63, 3.8) is 0 Å². The minimum atomic E-state index is -0.674. The number of hydrogen-bond acceptors (Lipinski definition) is 5. The SMILES string of the molecule is NC(=O)c1cnc(Nc2ccc(S)cc2)cc1NCc1cc(F)cc(F)c1. The van der Waals surface area contributed by atoms with Crippen LogP contribution < -0.4 is 16.4 Å². The van der Waals surface area contributed by atoms with Crippen LogP contribution in [0.5, 0.6) is 0 Å². The molecule has 3 rings (SSSR count). The van der Waals surface area contributed by atoms with E-state index in [0.29, 0.717) is 17.1 Å². The van der Waals surface area contributed by atoms with Gasteiger partial charge < -0.3 is 16.4 Å². The van der Waals surface area contributed by atoms with Gasteiger partial charge in [0.15, 0.2) is 0 Å². The number of benzene rings is 2. The van der Waals surface area contributed by atoms with Crippen LogP contribution in [0.4, 0.5) is 26.0 Å². The number of anilines is 3. The second-order valence-electron chi connectivity index (χ2n) is 5.78. The molecule has 4 N–H and O–H groups in total. The van der Waals surface area contributed by atoms with Crippen LogP contribution >= 0.6 is 12.6 Å². The zero-order valence-corrected chi connectivity index (χ0v) is 14.9. The predicted molar refractivity (Wildman–Crippen MR) is 103 cm³/mol. The average molecular weight is 386 g/mol. The molecular weight excluding hydrogens is 370 g/mol. The van der Waals surface area contributed by atoms with Crippen molar-refractivity contribution in [2.75, 3.05) is 10.6 Å². The first-order chi connectivity index (χ1) is 12.9. The Morgan fingerprint density at radius 1 is 1.07 bits per heavy atom. The van der Waals surface area contributed by atoms with Gasteiger partial charge in [-0.1, -0.05) is 0 Å². The molecule has 0 bridgehead atoms. The summed E-state index contributed by atoms with van der Waals surface area (Å²) in [6.45, 7) is 0.104. The maximum absolute atomic E-state index is 13.3. The molecule has 0 aliphatic heterocycles. The largest absolute Gasteiger partial charge is 0.380 e. The van der Waals surface area contributed by atoms with Crippen LogP contribution in [-0.4, -0.2) is 10.9 Å². The van der Waals surface area contributed by atoms with Crippen LogP contribution in [0.25, 0.3) is 0 Å². The molecule has 1 aromatic heterocycles. The normalized spacial score (nSPS) is 10.5. The summed E-state index contributed by atoms with van der Waals surface area (Å²) in [4.78, 5) is 16.6. The molecule has 0 unspecified atom stereocenters. The summed E-state index contributed by atoms with van der Waals surface area (Å²) < 4.78 is 26.7. The van der Waals surface area contributed by atoms with E-state index in [2.05, 4.69) is 28.2 Å². The van der Waals surface area contributed by atoms with Crippen LogP contribution in [-0.2, 0) is 6.54 Å². The second-order valence-corrected chi connectivity index (χ2v) is 6.30. The summed E-state index contributed by atoms with van der Waals surface area (Å²) >= 11 is 4.23. The van der Waals surface area contributed by atoms with Gasteiger partial charge in [-0.15, -0.1) is 12.6 Å². The van der Waals surface area contributed by atoms with Crippen molar-refractivity contribution in [2.45, 2.75) is 11.4 Å². The van der Waals surface area contributed by atoms with E-state index in [1.54, 1.807) is 6.07 Å². The molecule has 3 aromatic rings. The Morgan fingerprint density at radius 2 is 1.74 bits per heavy atom. The number of nitrogens with one attached hydrogen (secondary N) is 2. The van der Waals surface area contributed by atoms with Crippen molar-refractivity contribution in [1.82, 2.24) is 4.98 Å². The molecule has 2 aromatic carbocycles. The Bertz CT molecular complexity index is 960. The van der Waals surface area contributed by atoms with Crippen LogP contribution in [0.2, 0.25) is 0 Å². The zero-order chi connectivity index (χ0) is 19.4. The van der Waals surface area contributed by atoms with Crippen molar-refractivity contribution < 1.29 is 13.6 Å². The highest BCUT2D eigenvalue weighted by molar-refractivity contribution is 7.80. The number of nitrogens with zero attached hydrogens (tertiary/aromatic N) is 1.